The van der Waals surface area contributed by atoms with Crippen molar-refractivity contribution in [3.8, 4) is 5.75 Å². The SMILES string of the molecule is COc1ccccc1[C@@H]1CNC(=O)c2nc(Cc3c[nH]c(=O)[nH]c3=O)[nH]c2C1. The first-order valence-electron chi connectivity index (χ1n) is 8.85. The zero-order valence-corrected chi connectivity index (χ0v) is 15.2. The summed E-state index contributed by atoms with van der Waals surface area (Å²) in [6, 6.07) is 7.72. The number of carbonyl (C=O) groups excluding carboxylic acids is 1. The highest BCUT2D eigenvalue weighted by Crippen LogP contribution is 2.30. The van der Waals surface area contributed by atoms with Crippen molar-refractivity contribution in [2.75, 3.05) is 13.7 Å². The van der Waals surface area contributed by atoms with Gasteiger partial charge < -0.3 is 20.0 Å². The molecule has 28 heavy (non-hydrogen) atoms. The van der Waals surface area contributed by atoms with Crippen LogP contribution in [0.5, 0.6) is 5.75 Å². The summed E-state index contributed by atoms with van der Waals surface area (Å²) in [6.07, 6.45) is 2.10. The van der Waals surface area contributed by atoms with E-state index in [0.29, 0.717) is 35.7 Å². The van der Waals surface area contributed by atoms with E-state index in [1.54, 1.807) is 7.11 Å². The number of amides is 1. The smallest absolute Gasteiger partial charge is 0.325 e. The predicted octanol–water partition coefficient (Wildman–Crippen LogP) is 0.455. The van der Waals surface area contributed by atoms with Crippen molar-refractivity contribution in [2.24, 2.45) is 0 Å². The van der Waals surface area contributed by atoms with Crippen LogP contribution in [-0.4, -0.2) is 39.5 Å². The number of hydrogen-bond donors (Lipinski definition) is 4. The number of H-pyrrole nitrogens is 3. The van der Waals surface area contributed by atoms with Gasteiger partial charge in [-0.15, -0.1) is 0 Å². The van der Waals surface area contributed by atoms with E-state index in [-0.39, 0.29) is 18.2 Å². The number of aromatic nitrogens is 4. The molecule has 0 saturated carbocycles. The Morgan fingerprint density at radius 3 is 2.79 bits per heavy atom. The van der Waals surface area contributed by atoms with Crippen molar-refractivity contribution in [3.05, 3.63) is 79.6 Å². The fraction of sp³-hybridized carbons (Fsp3) is 0.263. The van der Waals surface area contributed by atoms with Crippen LogP contribution in [0, 0.1) is 0 Å². The highest BCUT2D eigenvalue weighted by atomic mass is 16.5. The lowest BCUT2D eigenvalue weighted by molar-refractivity contribution is 0.0950. The Balaban J connectivity index is 1.65. The number of fused-ring (bicyclic) bond motifs is 1. The average molecular weight is 381 g/mol. The molecule has 0 bridgehead atoms. The molecule has 0 fully saturated rings. The number of aromatic amines is 3. The molecular weight excluding hydrogens is 362 g/mol. The van der Waals surface area contributed by atoms with E-state index in [2.05, 4.69) is 25.3 Å². The van der Waals surface area contributed by atoms with Crippen molar-refractivity contribution < 1.29 is 9.53 Å². The second-order valence-corrected chi connectivity index (χ2v) is 6.64. The molecule has 1 atom stereocenters. The van der Waals surface area contributed by atoms with Crippen molar-refractivity contribution in [1.82, 2.24) is 25.3 Å². The quantitative estimate of drug-likeness (QED) is 0.521. The molecule has 9 heteroatoms. The monoisotopic (exact) mass is 381 g/mol. The molecule has 1 aliphatic heterocycles. The fourth-order valence-corrected chi connectivity index (χ4v) is 3.47. The fourth-order valence-electron chi connectivity index (χ4n) is 3.47. The number of ether oxygens (including phenoxy) is 1. The lowest BCUT2D eigenvalue weighted by Crippen LogP contribution is -2.27. The van der Waals surface area contributed by atoms with E-state index in [4.69, 9.17) is 4.74 Å². The van der Waals surface area contributed by atoms with Gasteiger partial charge in [0.2, 0.25) is 0 Å². The maximum absolute atomic E-state index is 12.5. The first-order valence-corrected chi connectivity index (χ1v) is 8.85. The number of benzene rings is 1. The second-order valence-electron chi connectivity index (χ2n) is 6.64. The van der Waals surface area contributed by atoms with Crippen LogP contribution in [0.2, 0.25) is 0 Å². The van der Waals surface area contributed by atoms with Gasteiger partial charge in [-0.3, -0.25) is 14.6 Å². The molecule has 3 heterocycles. The van der Waals surface area contributed by atoms with Gasteiger partial charge in [-0.25, -0.2) is 9.78 Å². The van der Waals surface area contributed by atoms with E-state index in [0.717, 1.165) is 11.3 Å². The number of imidazole rings is 1. The van der Waals surface area contributed by atoms with Crippen LogP contribution in [0.25, 0.3) is 0 Å². The number of para-hydroxylation sites is 1. The number of hydrogen-bond acceptors (Lipinski definition) is 5. The minimum Gasteiger partial charge on any atom is -0.496 e. The standard InChI is InChI=1S/C19H19N5O4/c1-28-14-5-3-2-4-12(14)10-6-13-16(18(26)20-8-10)23-15(22-13)7-11-9-21-19(27)24-17(11)25/h2-5,9-10H,6-8H2,1H3,(H,20,26)(H,22,23)(H2,21,24,25,27)/t10-/m0/s1. The molecule has 4 rings (SSSR count). The zero-order chi connectivity index (χ0) is 19.7. The normalized spacial score (nSPS) is 16.2. The lowest BCUT2D eigenvalue weighted by Gasteiger charge is -2.17. The largest absolute Gasteiger partial charge is 0.496 e. The number of methoxy groups -OCH3 is 1. The molecule has 2 aromatic heterocycles. The Bertz CT molecular complexity index is 1140. The molecule has 1 aliphatic rings. The van der Waals surface area contributed by atoms with Crippen molar-refractivity contribution >= 4 is 5.91 Å². The first-order chi connectivity index (χ1) is 13.5. The number of carbonyl (C=O) groups is 1. The van der Waals surface area contributed by atoms with E-state index in [1.165, 1.54) is 6.20 Å². The summed E-state index contributed by atoms with van der Waals surface area (Å²) in [6.45, 7) is 0.471. The zero-order valence-electron chi connectivity index (χ0n) is 15.2. The number of nitrogens with zero attached hydrogens (tertiary/aromatic N) is 1. The lowest BCUT2D eigenvalue weighted by atomic mass is 9.93. The summed E-state index contributed by atoms with van der Waals surface area (Å²) in [4.78, 5) is 47.7. The highest BCUT2D eigenvalue weighted by molar-refractivity contribution is 5.94. The van der Waals surface area contributed by atoms with Crippen LogP contribution in [-0.2, 0) is 12.8 Å². The van der Waals surface area contributed by atoms with Crippen LogP contribution >= 0.6 is 0 Å². The van der Waals surface area contributed by atoms with Crippen LogP contribution in [0.4, 0.5) is 0 Å². The average Bonchev–Trinajstić information content (AvgIpc) is 3.02. The van der Waals surface area contributed by atoms with Crippen LogP contribution in [0.1, 0.15) is 39.1 Å². The summed E-state index contributed by atoms with van der Waals surface area (Å²) < 4.78 is 5.46. The van der Waals surface area contributed by atoms with Gasteiger partial charge in [-0.2, -0.15) is 0 Å². The highest BCUT2D eigenvalue weighted by Gasteiger charge is 2.27. The minimum atomic E-state index is -0.567. The van der Waals surface area contributed by atoms with Gasteiger partial charge in [0.25, 0.3) is 11.5 Å². The Morgan fingerprint density at radius 1 is 1.18 bits per heavy atom. The van der Waals surface area contributed by atoms with Crippen molar-refractivity contribution in [2.45, 2.75) is 18.8 Å². The third kappa shape index (κ3) is 3.34. The topological polar surface area (TPSA) is 133 Å². The third-order valence-corrected chi connectivity index (χ3v) is 4.84. The maximum Gasteiger partial charge on any atom is 0.325 e. The number of nitrogens with one attached hydrogen (secondary N) is 4. The molecule has 1 amide bonds. The predicted molar refractivity (Wildman–Crippen MR) is 101 cm³/mol. The van der Waals surface area contributed by atoms with Gasteiger partial charge in [-0.05, 0) is 18.1 Å². The third-order valence-electron chi connectivity index (χ3n) is 4.84. The van der Waals surface area contributed by atoms with Crippen molar-refractivity contribution in [1.29, 1.82) is 0 Å². The van der Waals surface area contributed by atoms with E-state index in [1.807, 2.05) is 24.3 Å². The van der Waals surface area contributed by atoms with Crippen LogP contribution in [0.3, 0.4) is 0 Å². The summed E-state index contributed by atoms with van der Waals surface area (Å²) in [7, 11) is 1.62. The Labute approximate surface area is 159 Å². The van der Waals surface area contributed by atoms with Crippen LogP contribution in [0.15, 0.2) is 40.1 Å². The van der Waals surface area contributed by atoms with Crippen molar-refractivity contribution in [3.63, 3.8) is 0 Å². The second kappa shape index (κ2) is 7.18. The molecule has 0 unspecified atom stereocenters. The molecule has 4 N–H and O–H groups in total. The van der Waals surface area contributed by atoms with E-state index in [9.17, 15) is 14.4 Å². The van der Waals surface area contributed by atoms with Gasteiger partial charge in [-0.1, -0.05) is 18.2 Å². The van der Waals surface area contributed by atoms with Gasteiger partial charge in [0.15, 0.2) is 0 Å². The molecule has 9 nitrogen and oxygen atoms in total. The Hall–Kier alpha value is -3.62. The van der Waals surface area contributed by atoms with E-state index >= 15 is 0 Å². The van der Waals surface area contributed by atoms with E-state index < -0.39 is 11.2 Å². The Kier molecular flexibility index (Phi) is 4.56. The van der Waals surface area contributed by atoms with Gasteiger partial charge in [0.05, 0.1) is 7.11 Å². The Morgan fingerprint density at radius 2 is 2.00 bits per heavy atom. The molecule has 1 aromatic carbocycles. The van der Waals surface area contributed by atoms with Gasteiger partial charge >= 0.3 is 5.69 Å². The molecule has 0 aliphatic carbocycles. The maximum atomic E-state index is 12.5. The number of rotatable bonds is 4. The van der Waals surface area contributed by atoms with Gasteiger partial charge in [0.1, 0.15) is 17.3 Å². The molecule has 0 radical (unpaired) electrons. The van der Waals surface area contributed by atoms with Gasteiger partial charge in [0, 0.05) is 36.3 Å². The summed E-state index contributed by atoms with van der Waals surface area (Å²) in [5, 5.41) is 2.90. The molecule has 0 saturated heterocycles. The molecule has 144 valence electrons. The molecule has 0 spiro atoms. The summed E-state index contributed by atoms with van der Waals surface area (Å²) in [5.41, 5.74) is 1.35. The van der Waals surface area contributed by atoms with Crippen LogP contribution < -0.4 is 21.3 Å². The first kappa shape index (κ1) is 17.8. The summed E-state index contributed by atoms with van der Waals surface area (Å²) >= 11 is 0. The summed E-state index contributed by atoms with van der Waals surface area (Å²) in [5.74, 6) is 1.01. The molecular formula is C19H19N5O4. The molecule has 3 aromatic rings. The minimum absolute atomic E-state index is 0.0196.